The molecule has 5 nitrogen and oxygen atoms in total. The third kappa shape index (κ3) is 3.81. The molecular formula is C19H18ClN3O2S. The Morgan fingerprint density at radius 2 is 1.96 bits per heavy atom. The number of thiocarbonyl (C=S) groups is 1. The van der Waals surface area contributed by atoms with Crippen LogP contribution >= 0.6 is 23.8 Å². The first-order valence-corrected chi connectivity index (χ1v) is 8.76. The molecule has 7 heteroatoms. The molecule has 0 fully saturated rings. The quantitative estimate of drug-likeness (QED) is 0.697. The fourth-order valence-corrected chi connectivity index (χ4v) is 3.33. The van der Waals surface area contributed by atoms with Gasteiger partial charge in [0.05, 0.1) is 18.7 Å². The average molecular weight is 388 g/mol. The summed E-state index contributed by atoms with van der Waals surface area (Å²) in [6.07, 6.45) is 0. The van der Waals surface area contributed by atoms with E-state index in [0.717, 1.165) is 5.56 Å². The van der Waals surface area contributed by atoms with Crippen molar-refractivity contribution in [2.75, 3.05) is 12.4 Å². The summed E-state index contributed by atoms with van der Waals surface area (Å²) in [5.74, 6) is 0.387. The molecule has 3 rings (SSSR count). The number of benzene rings is 2. The number of carbonyl (C=O) groups is 1. The van der Waals surface area contributed by atoms with Gasteiger partial charge in [-0.3, -0.25) is 4.79 Å². The zero-order valence-electron chi connectivity index (χ0n) is 14.3. The van der Waals surface area contributed by atoms with Gasteiger partial charge in [-0.2, -0.15) is 0 Å². The van der Waals surface area contributed by atoms with Crippen LogP contribution in [0.1, 0.15) is 18.5 Å². The van der Waals surface area contributed by atoms with Gasteiger partial charge in [-0.15, -0.1) is 0 Å². The van der Waals surface area contributed by atoms with Crippen molar-refractivity contribution in [1.29, 1.82) is 0 Å². The first-order valence-electron chi connectivity index (χ1n) is 7.97. The maximum Gasteiger partial charge on any atom is 0.255 e. The second kappa shape index (κ2) is 7.76. The Kier molecular flexibility index (Phi) is 5.44. The molecule has 1 unspecified atom stereocenters. The predicted octanol–water partition coefficient (Wildman–Crippen LogP) is 3.78. The summed E-state index contributed by atoms with van der Waals surface area (Å²) in [7, 11) is 1.58. The number of amides is 1. The molecule has 134 valence electrons. The van der Waals surface area contributed by atoms with E-state index >= 15 is 0 Å². The van der Waals surface area contributed by atoms with Crippen LogP contribution in [0.3, 0.4) is 0 Å². The number of methoxy groups -OCH3 is 1. The second-order valence-corrected chi connectivity index (χ2v) is 6.62. The molecule has 2 aromatic rings. The van der Waals surface area contributed by atoms with Crippen molar-refractivity contribution in [3.8, 4) is 5.75 Å². The third-order valence-electron chi connectivity index (χ3n) is 4.05. The van der Waals surface area contributed by atoms with Gasteiger partial charge >= 0.3 is 0 Å². The standard InChI is InChI=1S/C19H18ClN3O2S/c1-11-16(18(24)22-13-6-4-3-5-7-13)17(23-19(26)21-11)14-10-12(20)8-9-15(14)25-2/h3-10,17H,1-2H3,(H,22,24)(H2,21,23,26). The van der Waals surface area contributed by atoms with Crippen LogP contribution in [0, 0.1) is 0 Å². The number of hydrogen-bond acceptors (Lipinski definition) is 3. The number of carbonyl (C=O) groups excluding carboxylic acids is 1. The molecule has 3 N–H and O–H groups in total. The zero-order valence-corrected chi connectivity index (χ0v) is 15.9. The van der Waals surface area contributed by atoms with Crippen molar-refractivity contribution in [3.63, 3.8) is 0 Å². The van der Waals surface area contributed by atoms with E-state index in [0.29, 0.717) is 32.8 Å². The molecule has 1 aliphatic rings. The van der Waals surface area contributed by atoms with Crippen LogP contribution in [0.2, 0.25) is 5.02 Å². The summed E-state index contributed by atoms with van der Waals surface area (Å²) in [6.45, 7) is 1.82. The zero-order chi connectivity index (χ0) is 18.7. The van der Waals surface area contributed by atoms with E-state index in [4.69, 9.17) is 28.6 Å². The van der Waals surface area contributed by atoms with Crippen LogP contribution in [-0.4, -0.2) is 18.1 Å². The Labute approximate surface area is 162 Å². The second-order valence-electron chi connectivity index (χ2n) is 5.78. The van der Waals surface area contributed by atoms with E-state index in [1.165, 1.54) is 0 Å². The molecule has 2 aromatic carbocycles. The minimum Gasteiger partial charge on any atom is -0.496 e. The van der Waals surface area contributed by atoms with Crippen LogP contribution < -0.4 is 20.7 Å². The molecule has 1 amide bonds. The van der Waals surface area contributed by atoms with Gasteiger partial charge < -0.3 is 20.7 Å². The number of rotatable bonds is 4. The van der Waals surface area contributed by atoms with Gasteiger partial charge in [-0.25, -0.2) is 0 Å². The number of anilines is 1. The molecule has 0 saturated heterocycles. The number of para-hydroxylation sites is 1. The number of ether oxygens (including phenoxy) is 1. The van der Waals surface area contributed by atoms with E-state index in [9.17, 15) is 4.79 Å². The number of hydrogen-bond donors (Lipinski definition) is 3. The lowest BCUT2D eigenvalue weighted by atomic mass is 9.94. The minimum absolute atomic E-state index is 0.233. The molecular weight excluding hydrogens is 370 g/mol. The van der Waals surface area contributed by atoms with E-state index < -0.39 is 6.04 Å². The molecule has 0 radical (unpaired) electrons. The summed E-state index contributed by atoms with van der Waals surface area (Å²) >= 11 is 11.5. The van der Waals surface area contributed by atoms with Crippen LogP contribution in [0.15, 0.2) is 59.8 Å². The largest absolute Gasteiger partial charge is 0.496 e. The van der Waals surface area contributed by atoms with Crippen LogP contribution in [0.25, 0.3) is 0 Å². The highest BCUT2D eigenvalue weighted by molar-refractivity contribution is 7.80. The van der Waals surface area contributed by atoms with E-state index in [1.54, 1.807) is 25.3 Å². The molecule has 1 heterocycles. The monoisotopic (exact) mass is 387 g/mol. The number of nitrogens with one attached hydrogen (secondary N) is 3. The highest BCUT2D eigenvalue weighted by atomic mass is 35.5. The molecule has 0 spiro atoms. The lowest BCUT2D eigenvalue weighted by Crippen LogP contribution is -2.45. The van der Waals surface area contributed by atoms with Crippen molar-refractivity contribution >= 4 is 40.5 Å². The van der Waals surface area contributed by atoms with Gasteiger partial charge in [0.25, 0.3) is 5.91 Å². The van der Waals surface area contributed by atoms with Crippen molar-refractivity contribution in [2.24, 2.45) is 0 Å². The smallest absolute Gasteiger partial charge is 0.255 e. The van der Waals surface area contributed by atoms with Crippen molar-refractivity contribution in [1.82, 2.24) is 10.6 Å². The van der Waals surface area contributed by atoms with E-state index in [-0.39, 0.29) is 5.91 Å². The van der Waals surface area contributed by atoms with Gasteiger partial charge in [0.2, 0.25) is 0 Å². The Morgan fingerprint density at radius 1 is 1.23 bits per heavy atom. The maximum atomic E-state index is 13.0. The third-order valence-corrected chi connectivity index (χ3v) is 4.50. The van der Waals surface area contributed by atoms with Crippen molar-refractivity contribution in [3.05, 3.63) is 70.4 Å². The normalized spacial score (nSPS) is 16.6. The fourth-order valence-electron chi connectivity index (χ4n) is 2.88. The fraction of sp³-hybridized carbons (Fsp3) is 0.158. The average Bonchev–Trinajstić information content (AvgIpc) is 2.61. The van der Waals surface area contributed by atoms with Crippen molar-refractivity contribution < 1.29 is 9.53 Å². The summed E-state index contributed by atoms with van der Waals surface area (Å²) in [5, 5.41) is 10.1. The first kappa shape index (κ1) is 18.2. The topological polar surface area (TPSA) is 62.4 Å². The van der Waals surface area contributed by atoms with Crippen molar-refractivity contribution in [2.45, 2.75) is 13.0 Å². The summed E-state index contributed by atoms with van der Waals surface area (Å²) in [5.41, 5.74) is 2.64. The maximum absolute atomic E-state index is 13.0. The van der Waals surface area contributed by atoms with Gasteiger partial charge in [-0.1, -0.05) is 29.8 Å². The Bertz CT molecular complexity index is 884. The molecule has 0 aliphatic carbocycles. The minimum atomic E-state index is -0.485. The Morgan fingerprint density at radius 3 is 2.65 bits per heavy atom. The Hall–Kier alpha value is -2.57. The van der Waals surface area contributed by atoms with Crippen LogP contribution in [0.5, 0.6) is 5.75 Å². The van der Waals surface area contributed by atoms with E-state index in [2.05, 4.69) is 16.0 Å². The molecule has 0 bridgehead atoms. The number of halogens is 1. The van der Waals surface area contributed by atoms with Crippen LogP contribution in [0.4, 0.5) is 5.69 Å². The van der Waals surface area contributed by atoms with Gasteiger partial charge in [-0.05, 0) is 49.5 Å². The SMILES string of the molecule is COc1ccc(Cl)cc1C1NC(=S)NC(C)=C1C(=O)Nc1ccccc1. The molecule has 0 saturated carbocycles. The van der Waals surface area contributed by atoms with Gasteiger partial charge in [0.15, 0.2) is 5.11 Å². The van der Waals surface area contributed by atoms with E-state index in [1.807, 2.05) is 37.3 Å². The van der Waals surface area contributed by atoms with Gasteiger partial charge in [0, 0.05) is 22.0 Å². The molecule has 1 aliphatic heterocycles. The lowest BCUT2D eigenvalue weighted by molar-refractivity contribution is -0.113. The summed E-state index contributed by atoms with van der Waals surface area (Å²) in [4.78, 5) is 13.0. The highest BCUT2D eigenvalue weighted by Crippen LogP contribution is 2.35. The highest BCUT2D eigenvalue weighted by Gasteiger charge is 2.32. The first-order chi connectivity index (χ1) is 12.5. The molecule has 1 atom stereocenters. The Balaban J connectivity index is 2.02. The predicted molar refractivity (Wildman–Crippen MR) is 107 cm³/mol. The summed E-state index contributed by atoms with van der Waals surface area (Å²) < 4.78 is 5.45. The lowest BCUT2D eigenvalue weighted by Gasteiger charge is -2.31. The molecule has 0 aromatic heterocycles. The number of allylic oxidation sites excluding steroid dienone is 1. The van der Waals surface area contributed by atoms with Gasteiger partial charge in [0.1, 0.15) is 5.75 Å². The summed E-state index contributed by atoms with van der Waals surface area (Å²) in [6, 6.07) is 14.1. The molecule has 26 heavy (non-hydrogen) atoms. The van der Waals surface area contributed by atoms with Crippen LogP contribution in [-0.2, 0) is 4.79 Å².